The van der Waals surface area contributed by atoms with E-state index in [9.17, 15) is 9.59 Å². The maximum Gasteiger partial charge on any atom is 0.259 e. The van der Waals surface area contributed by atoms with Crippen LogP contribution in [-0.2, 0) is 0 Å². The molecule has 5 nitrogen and oxygen atoms in total. The number of aromatic amines is 1. The monoisotopic (exact) mass is 437 g/mol. The van der Waals surface area contributed by atoms with Gasteiger partial charge in [-0.2, -0.15) is 0 Å². The molecule has 6 heteroatoms. The third kappa shape index (κ3) is 3.16. The largest absolute Gasteiger partial charge is 0.360 e. The quantitative estimate of drug-likeness (QED) is 0.679. The van der Waals surface area contributed by atoms with Gasteiger partial charge < -0.3 is 9.88 Å². The van der Waals surface area contributed by atoms with E-state index in [0.29, 0.717) is 33.8 Å². The van der Waals surface area contributed by atoms with Crippen molar-refractivity contribution in [3.8, 4) is 0 Å². The first kappa shape index (κ1) is 19.6. The summed E-state index contributed by atoms with van der Waals surface area (Å²) in [6.07, 6.45) is 11.3. The third-order valence-corrected chi connectivity index (χ3v) is 8.23. The highest BCUT2D eigenvalue weighted by molar-refractivity contribution is 6.31. The Hall–Kier alpha value is -2.11. The highest BCUT2D eigenvalue weighted by atomic mass is 35.5. The summed E-state index contributed by atoms with van der Waals surface area (Å²) in [5.74, 6) is 0.976. The molecule has 6 rings (SSSR count). The fourth-order valence-corrected chi connectivity index (χ4v) is 6.88. The van der Waals surface area contributed by atoms with Gasteiger partial charge in [0.05, 0.1) is 11.6 Å². The summed E-state index contributed by atoms with van der Waals surface area (Å²) in [6, 6.07) is 5.97. The molecule has 4 atom stereocenters. The van der Waals surface area contributed by atoms with Crippen LogP contribution in [0.5, 0.6) is 0 Å². The highest BCUT2D eigenvalue weighted by Crippen LogP contribution is 2.45. The van der Waals surface area contributed by atoms with Gasteiger partial charge in [0.25, 0.3) is 5.91 Å². The molecular weight excluding hydrogens is 410 g/mol. The number of H-pyrrole nitrogens is 1. The van der Waals surface area contributed by atoms with Crippen LogP contribution < -0.4 is 5.43 Å². The van der Waals surface area contributed by atoms with Crippen molar-refractivity contribution >= 4 is 28.4 Å². The van der Waals surface area contributed by atoms with Gasteiger partial charge in [-0.3, -0.25) is 14.5 Å². The summed E-state index contributed by atoms with van der Waals surface area (Å²) in [7, 11) is 0. The molecule has 1 aromatic heterocycles. The average Bonchev–Trinajstić information content (AvgIpc) is 2.78. The Balaban J connectivity index is 1.36. The van der Waals surface area contributed by atoms with E-state index in [1.807, 2.05) is 4.90 Å². The minimum absolute atomic E-state index is 0.132. The van der Waals surface area contributed by atoms with E-state index in [4.69, 9.17) is 11.6 Å². The summed E-state index contributed by atoms with van der Waals surface area (Å²) >= 11 is 6.06. The van der Waals surface area contributed by atoms with Gasteiger partial charge in [-0.1, -0.05) is 29.7 Å². The van der Waals surface area contributed by atoms with E-state index in [1.54, 1.807) is 24.4 Å². The van der Waals surface area contributed by atoms with Gasteiger partial charge in [-0.25, -0.2) is 0 Å². The number of aromatic nitrogens is 1. The summed E-state index contributed by atoms with van der Waals surface area (Å²) in [4.78, 5) is 34.6. The number of hydrogen-bond donors (Lipinski definition) is 1. The SMILES string of the molecule is O=C(c1c[nH]c2cc(Cl)ccc2c1=O)N1CCCC2=CC3CC(CN4CCCC[C@H]34)[C@@H]21. The summed E-state index contributed by atoms with van der Waals surface area (Å²) in [6.45, 7) is 3.00. The molecular formula is C25H28ClN3O2. The molecule has 162 valence electrons. The molecule has 2 unspecified atom stereocenters. The molecule has 4 heterocycles. The van der Waals surface area contributed by atoms with Crippen LogP contribution in [0.4, 0.5) is 0 Å². The number of piperidine rings is 3. The van der Waals surface area contributed by atoms with Gasteiger partial charge in [0, 0.05) is 35.7 Å². The molecule has 1 aliphatic carbocycles. The Morgan fingerprint density at radius 1 is 1.16 bits per heavy atom. The topological polar surface area (TPSA) is 56.4 Å². The zero-order chi connectivity index (χ0) is 21.1. The summed E-state index contributed by atoms with van der Waals surface area (Å²) < 4.78 is 0. The first-order chi connectivity index (χ1) is 15.1. The molecule has 0 spiro atoms. The fourth-order valence-electron chi connectivity index (χ4n) is 6.71. The molecule has 3 saturated heterocycles. The predicted octanol–water partition coefficient (Wildman–Crippen LogP) is 4.22. The molecule has 3 fully saturated rings. The molecule has 0 radical (unpaired) electrons. The van der Waals surface area contributed by atoms with E-state index >= 15 is 0 Å². The van der Waals surface area contributed by atoms with Crippen molar-refractivity contribution in [2.45, 2.75) is 50.6 Å². The van der Waals surface area contributed by atoms with Crippen LogP contribution in [0.15, 0.2) is 40.8 Å². The smallest absolute Gasteiger partial charge is 0.259 e. The molecule has 31 heavy (non-hydrogen) atoms. The van der Waals surface area contributed by atoms with Gasteiger partial charge in [-0.15, -0.1) is 0 Å². The molecule has 1 N–H and O–H groups in total. The van der Waals surface area contributed by atoms with Gasteiger partial charge in [0.1, 0.15) is 5.56 Å². The second-order valence-corrected chi connectivity index (χ2v) is 10.2. The Labute approximate surface area is 187 Å². The zero-order valence-electron chi connectivity index (χ0n) is 17.6. The van der Waals surface area contributed by atoms with Crippen LogP contribution in [0.1, 0.15) is 48.9 Å². The van der Waals surface area contributed by atoms with E-state index in [0.717, 1.165) is 25.9 Å². The van der Waals surface area contributed by atoms with Gasteiger partial charge in [0.2, 0.25) is 5.43 Å². The molecule has 0 saturated carbocycles. The van der Waals surface area contributed by atoms with Crippen molar-refractivity contribution in [3.63, 3.8) is 0 Å². The van der Waals surface area contributed by atoms with Crippen LogP contribution >= 0.6 is 11.6 Å². The highest BCUT2D eigenvalue weighted by Gasteiger charge is 2.47. The fraction of sp³-hybridized carbons (Fsp3) is 0.520. The first-order valence-corrected chi connectivity index (χ1v) is 12.0. The Morgan fingerprint density at radius 2 is 2.06 bits per heavy atom. The van der Waals surface area contributed by atoms with E-state index in [1.165, 1.54) is 37.8 Å². The number of hydrogen-bond acceptors (Lipinski definition) is 3. The van der Waals surface area contributed by atoms with Crippen molar-refractivity contribution in [1.29, 1.82) is 0 Å². The lowest BCUT2D eigenvalue weighted by Crippen LogP contribution is -2.60. The molecule has 1 aromatic carbocycles. The lowest BCUT2D eigenvalue weighted by Gasteiger charge is -2.54. The maximum absolute atomic E-state index is 13.7. The van der Waals surface area contributed by atoms with E-state index in [-0.39, 0.29) is 22.9 Å². The number of carbonyl (C=O) groups is 1. The van der Waals surface area contributed by atoms with Crippen LogP contribution in [-0.4, -0.2) is 52.4 Å². The number of nitrogens with one attached hydrogen (secondary N) is 1. The average molecular weight is 438 g/mol. The number of benzene rings is 1. The number of pyridine rings is 1. The van der Waals surface area contributed by atoms with Crippen molar-refractivity contribution in [3.05, 3.63) is 56.9 Å². The standard InChI is InChI=1S/C25H28ClN3O2/c26-18-6-7-19-21(12-18)27-13-20(24(19)30)25(31)29-9-3-4-15-10-16-11-17(23(15)29)14-28-8-2-1-5-22(16)28/h6-7,10,12-13,16-17,22-23H,1-5,8-9,11,14H2,(H,27,30)/t16?,17?,22-,23-/m1/s1. The summed E-state index contributed by atoms with van der Waals surface area (Å²) in [5.41, 5.74) is 2.14. The van der Waals surface area contributed by atoms with Gasteiger partial charge in [-0.05, 0) is 68.7 Å². The Morgan fingerprint density at radius 3 is 2.97 bits per heavy atom. The zero-order valence-corrected chi connectivity index (χ0v) is 18.4. The number of nitrogens with zero attached hydrogens (tertiary/aromatic N) is 2. The normalized spacial score (nSPS) is 30.5. The second-order valence-electron chi connectivity index (χ2n) is 9.73. The van der Waals surface area contributed by atoms with Gasteiger partial charge in [0.15, 0.2) is 0 Å². The van der Waals surface area contributed by atoms with Crippen LogP contribution in [0, 0.1) is 11.8 Å². The molecule has 2 bridgehead atoms. The van der Waals surface area contributed by atoms with Crippen LogP contribution in [0.25, 0.3) is 10.9 Å². The number of fused-ring (bicyclic) bond motifs is 7. The first-order valence-electron chi connectivity index (χ1n) is 11.7. The number of likely N-dealkylation sites (tertiary alicyclic amines) is 1. The molecule has 2 aromatic rings. The number of carbonyl (C=O) groups excluding carboxylic acids is 1. The molecule has 1 amide bonds. The Kier molecular flexibility index (Phi) is 4.73. The Bertz CT molecular complexity index is 1140. The van der Waals surface area contributed by atoms with E-state index < -0.39 is 0 Å². The van der Waals surface area contributed by atoms with Crippen LogP contribution in [0.3, 0.4) is 0 Å². The number of halogens is 1. The number of amides is 1. The summed E-state index contributed by atoms with van der Waals surface area (Å²) in [5, 5.41) is 1.08. The van der Waals surface area contributed by atoms with Crippen molar-refractivity contribution in [2.75, 3.05) is 19.6 Å². The van der Waals surface area contributed by atoms with Crippen molar-refractivity contribution in [1.82, 2.24) is 14.8 Å². The maximum atomic E-state index is 13.7. The van der Waals surface area contributed by atoms with Gasteiger partial charge >= 0.3 is 0 Å². The number of rotatable bonds is 1. The van der Waals surface area contributed by atoms with E-state index in [2.05, 4.69) is 16.0 Å². The minimum Gasteiger partial charge on any atom is -0.360 e. The lowest BCUT2D eigenvalue weighted by molar-refractivity contribution is 0.00143. The minimum atomic E-state index is -0.208. The third-order valence-electron chi connectivity index (χ3n) is 7.99. The molecule has 3 aliphatic heterocycles. The molecule has 4 aliphatic rings. The van der Waals surface area contributed by atoms with Crippen LogP contribution in [0.2, 0.25) is 5.02 Å². The lowest BCUT2D eigenvalue weighted by atomic mass is 9.68. The van der Waals surface area contributed by atoms with Crippen molar-refractivity contribution < 1.29 is 4.79 Å². The van der Waals surface area contributed by atoms with Crippen molar-refractivity contribution in [2.24, 2.45) is 11.8 Å². The predicted molar refractivity (Wildman–Crippen MR) is 123 cm³/mol. The second kappa shape index (κ2) is 7.49.